The van der Waals surface area contributed by atoms with Gasteiger partial charge in [0, 0.05) is 30.9 Å². The summed E-state index contributed by atoms with van der Waals surface area (Å²) in [6.07, 6.45) is 2.78. The third kappa shape index (κ3) is 3.73. The highest BCUT2D eigenvalue weighted by Crippen LogP contribution is 2.39. The van der Waals surface area contributed by atoms with Crippen molar-refractivity contribution in [1.82, 2.24) is 5.32 Å². The topological polar surface area (TPSA) is 15.3 Å². The van der Waals surface area contributed by atoms with Crippen LogP contribution in [0.4, 0.5) is 5.69 Å². The van der Waals surface area contributed by atoms with Crippen LogP contribution in [0, 0.1) is 5.92 Å². The molecule has 0 amide bonds. The molecule has 19 heavy (non-hydrogen) atoms. The van der Waals surface area contributed by atoms with Crippen molar-refractivity contribution in [2.45, 2.75) is 52.6 Å². The number of nitrogens with zero attached hydrogens (tertiary/aromatic N) is 1. The molecule has 1 saturated carbocycles. The molecular formula is C17H28N2. The number of nitrogens with one attached hydrogen (secondary N) is 1. The standard InChI is InChI=1S/C17H28N2/c1-5-19(6-2)16-11-7-14(8-12-16)13-18-17(3,4)15-9-10-15/h7-8,11-12,15,18H,5-6,9-10,13H2,1-4H3. The molecule has 0 aliphatic heterocycles. The van der Waals surface area contributed by atoms with Crippen LogP contribution in [-0.4, -0.2) is 18.6 Å². The number of rotatable bonds is 7. The van der Waals surface area contributed by atoms with Crippen molar-refractivity contribution in [3.8, 4) is 0 Å². The van der Waals surface area contributed by atoms with E-state index in [-0.39, 0.29) is 5.54 Å². The van der Waals surface area contributed by atoms with Crippen LogP contribution in [0.25, 0.3) is 0 Å². The Kier molecular flexibility index (Phi) is 4.51. The second kappa shape index (κ2) is 5.96. The quantitative estimate of drug-likeness (QED) is 0.802. The van der Waals surface area contributed by atoms with Crippen LogP contribution in [0.1, 0.15) is 46.1 Å². The predicted octanol–water partition coefficient (Wildman–Crippen LogP) is 3.81. The molecule has 0 spiro atoms. The van der Waals surface area contributed by atoms with Crippen molar-refractivity contribution in [3.05, 3.63) is 29.8 Å². The third-order valence-corrected chi connectivity index (χ3v) is 4.41. The number of hydrogen-bond acceptors (Lipinski definition) is 2. The van der Waals surface area contributed by atoms with Crippen LogP contribution in [0.15, 0.2) is 24.3 Å². The van der Waals surface area contributed by atoms with E-state index in [1.165, 1.54) is 24.1 Å². The number of benzene rings is 1. The maximum Gasteiger partial charge on any atom is 0.0366 e. The van der Waals surface area contributed by atoms with Crippen molar-refractivity contribution < 1.29 is 0 Å². The molecule has 0 bridgehead atoms. The van der Waals surface area contributed by atoms with Gasteiger partial charge < -0.3 is 10.2 Å². The Balaban J connectivity index is 1.91. The summed E-state index contributed by atoms with van der Waals surface area (Å²) in [6.45, 7) is 12.2. The molecule has 0 atom stereocenters. The molecule has 0 heterocycles. The maximum absolute atomic E-state index is 3.70. The van der Waals surface area contributed by atoms with E-state index in [1.54, 1.807) is 0 Å². The van der Waals surface area contributed by atoms with E-state index in [0.717, 1.165) is 25.6 Å². The van der Waals surface area contributed by atoms with Gasteiger partial charge in [-0.2, -0.15) is 0 Å². The van der Waals surface area contributed by atoms with Gasteiger partial charge in [0.05, 0.1) is 0 Å². The minimum atomic E-state index is 0.289. The zero-order valence-electron chi connectivity index (χ0n) is 12.9. The maximum atomic E-state index is 3.70. The molecule has 0 radical (unpaired) electrons. The highest BCUT2D eigenvalue weighted by Gasteiger charge is 2.36. The average molecular weight is 260 g/mol. The Morgan fingerprint density at radius 3 is 2.16 bits per heavy atom. The van der Waals surface area contributed by atoms with E-state index in [2.05, 4.69) is 62.2 Å². The third-order valence-electron chi connectivity index (χ3n) is 4.41. The monoisotopic (exact) mass is 260 g/mol. The minimum Gasteiger partial charge on any atom is -0.372 e. The predicted molar refractivity (Wildman–Crippen MR) is 83.6 cm³/mol. The van der Waals surface area contributed by atoms with Gasteiger partial charge in [-0.3, -0.25) is 0 Å². The lowest BCUT2D eigenvalue weighted by Gasteiger charge is -2.26. The van der Waals surface area contributed by atoms with Gasteiger partial charge in [0.15, 0.2) is 0 Å². The van der Waals surface area contributed by atoms with Crippen LogP contribution in [-0.2, 0) is 6.54 Å². The van der Waals surface area contributed by atoms with Crippen molar-refractivity contribution >= 4 is 5.69 Å². The number of hydrogen-bond donors (Lipinski definition) is 1. The molecular weight excluding hydrogens is 232 g/mol. The fourth-order valence-electron chi connectivity index (χ4n) is 2.69. The highest BCUT2D eigenvalue weighted by molar-refractivity contribution is 5.47. The van der Waals surface area contributed by atoms with Gasteiger partial charge in [0.2, 0.25) is 0 Å². The van der Waals surface area contributed by atoms with Crippen molar-refractivity contribution in [1.29, 1.82) is 0 Å². The summed E-state index contributed by atoms with van der Waals surface area (Å²) in [4.78, 5) is 2.38. The van der Waals surface area contributed by atoms with E-state index in [4.69, 9.17) is 0 Å². The molecule has 1 N–H and O–H groups in total. The zero-order valence-corrected chi connectivity index (χ0v) is 12.9. The van der Waals surface area contributed by atoms with Crippen LogP contribution in [0.3, 0.4) is 0 Å². The van der Waals surface area contributed by atoms with Crippen molar-refractivity contribution in [3.63, 3.8) is 0 Å². The smallest absolute Gasteiger partial charge is 0.0366 e. The molecule has 106 valence electrons. The summed E-state index contributed by atoms with van der Waals surface area (Å²) < 4.78 is 0. The van der Waals surface area contributed by atoms with Crippen molar-refractivity contribution in [2.24, 2.45) is 5.92 Å². The fraction of sp³-hybridized carbons (Fsp3) is 0.647. The first-order valence-corrected chi connectivity index (χ1v) is 7.65. The Labute approximate surface area is 118 Å². The van der Waals surface area contributed by atoms with Gasteiger partial charge in [-0.25, -0.2) is 0 Å². The Hall–Kier alpha value is -1.02. The molecule has 1 aliphatic rings. The Morgan fingerprint density at radius 1 is 1.11 bits per heavy atom. The number of anilines is 1. The lowest BCUT2D eigenvalue weighted by Crippen LogP contribution is -2.40. The molecule has 1 aromatic rings. The van der Waals surface area contributed by atoms with Crippen LogP contribution in [0.5, 0.6) is 0 Å². The van der Waals surface area contributed by atoms with Gasteiger partial charge in [-0.05, 0) is 64.2 Å². The van der Waals surface area contributed by atoms with Gasteiger partial charge in [-0.1, -0.05) is 12.1 Å². The molecule has 2 rings (SSSR count). The molecule has 0 unspecified atom stereocenters. The van der Waals surface area contributed by atoms with Gasteiger partial charge in [-0.15, -0.1) is 0 Å². The summed E-state index contributed by atoms with van der Waals surface area (Å²) in [5.41, 5.74) is 3.00. The Morgan fingerprint density at radius 2 is 1.68 bits per heavy atom. The second-order valence-electron chi connectivity index (χ2n) is 6.19. The minimum absolute atomic E-state index is 0.289. The first-order valence-electron chi connectivity index (χ1n) is 7.65. The molecule has 0 saturated heterocycles. The summed E-state index contributed by atoms with van der Waals surface area (Å²) >= 11 is 0. The summed E-state index contributed by atoms with van der Waals surface area (Å²) in [5, 5.41) is 3.70. The van der Waals surface area contributed by atoms with Gasteiger partial charge in [0.1, 0.15) is 0 Å². The van der Waals surface area contributed by atoms with E-state index in [1.807, 2.05) is 0 Å². The summed E-state index contributed by atoms with van der Waals surface area (Å²) in [7, 11) is 0. The average Bonchev–Trinajstić information content (AvgIpc) is 3.24. The zero-order chi connectivity index (χ0) is 13.9. The van der Waals surface area contributed by atoms with Crippen LogP contribution in [0.2, 0.25) is 0 Å². The fourth-order valence-corrected chi connectivity index (χ4v) is 2.69. The summed E-state index contributed by atoms with van der Waals surface area (Å²) in [5.74, 6) is 0.877. The Bertz CT molecular complexity index is 386. The molecule has 0 aromatic heterocycles. The highest BCUT2D eigenvalue weighted by atomic mass is 15.1. The van der Waals surface area contributed by atoms with Gasteiger partial charge in [0.25, 0.3) is 0 Å². The van der Waals surface area contributed by atoms with E-state index in [0.29, 0.717) is 0 Å². The van der Waals surface area contributed by atoms with E-state index >= 15 is 0 Å². The second-order valence-corrected chi connectivity index (χ2v) is 6.19. The molecule has 1 aromatic carbocycles. The SMILES string of the molecule is CCN(CC)c1ccc(CNC(C)(C)C2CC2)cc1. The van der Waals surface area contributed by atoms with E-state index in [9.17, 15) is 0 Å². The molecule has 1 aliphatic carbocycles. The van der Waals surface area contributed by atoms with Crippen LogP contribution < -0.4 is 10.2 Å². The largest absolute Gasteiger partial charge is 0.372 e. The molecule has 2 nitrogen and oxygen atoms in total. The summed E-state index contributed by atoms with van der Waals surface area (Å²) in [6, 6.07) is 9.00. The lowest BCUT2D eigenvalue weighted by molar-refractivity contribution is 0.339. The first-order chi connectivity index (χ1) is 9.06. The van der Waals surface area contributed by atoms with Crippen LogP contribution >= 0.6 is 0 Å². The molecule has 1 fully saturated rings. The lowest BCUT2D eigenvalue weighted by atomic mass is 9.98. The van der Waals surface area contributed by atoms with Crippen molar-refractivity contribution in [2.75, 3.05) is 18.0 Å². The normalized spacial score (nSPS) is 15.6. The molecule has 2 heteroatoms. The van der Waals surface area contributed by atoms with E-state index < -0.39 is 0 Å². The first kappa shape index (κ1) is 14.4. The van der Waals surface area contributed by atoms with Gasteiger partial charge >= 0.3 is 0 Å².